The highest BCUT2D eigenvalue weighted by Crippen LogP contribution is 2.18. The molecule has 9 heteroatoms. The molecule has 2 aromatic carbocycles. The van der Waals surface area contributed by atoms with Crippen molar-refractivity contribution in [2.75, 3.05) is 13.1 Å². The molecular formula is C21H22F2N6O. The molecule has 0 bridgehead atoms. The third-order valence-corrected chi connectivity index (χ3v) is 5.37. The van der Waals surface area contributed by atoms with Crippen LogP contribution in [0.15, 0.2) is 42.7 Å². The Hall–Kier alpha value is -3.20. The van der Waals surface area contributed by atoms with Crippen LogP contribution in [0.25, 0.3) is 5.69 Å². The van der Waals surface area contributed by atoms with Gasteiger partial charge < -0.3 is 5.32 Å². The molecule has 0 saturated carbocycles. The van der Waals surface area contributed by atoms with Crippen LogP contribution in [0.5, 0.6) is 0 Å². The second-order valence-electron chi connectivity index (χ2n) is 7.53. The first-order valence-electron chi connectivity index (χ1n) is 9.81. The van der Waals surface area contributed by atoms with Crippen LogP contribution < -0.4 is 5.32 Å². The molecule has 1 saturated heterocycles. The second-order valence-corrected chi connectivity index (χ2v) is 7.53. The van der Waals surface area contributed by atoms with Gasteiger partial charge in [-0.05, 0) is 71.7 Å². The van der Waals surface area contributed by atoms with Gasteiger partial charge in [0.2, 0.25) is 0 Å². The number of nitrogens with one attached hydrogen (secondary N) is 1. The predicted molar refractivity (Wildman–Crippen MR) is 106 cm³/mol. The van der Waals surface area contributed by atoms with Gasteiger partial charge in [0.15, 0.2) is 11.6 Å². The smallest absolute Gasteiger partial charge is 0.251 e. The zero-order valence-corrected chi connectivity index (χ0v) is 16.6. The van der Waals surface area contributed by atoms with Crippen molar-refractivity contribution in [2.24, 2.45) is 0 Å². The van der Waals surface area contributed by atoms with E-state index in [0.717, 1.165) is 48.8 Å². The number of hydrogen-bond donors (Lipinski definition) is 1. The molecule has 30 heavy (non-hydrogen) atoms. The summed E-state index contributed by atoms with van der Waals surface area (Å²) in [6, 6.07) is 9.49. The lowest BCUT2D eigenvalue weighted by molar-refractivity contribution is 0.0909. The van der Waals surface area contributed by atoms with Gasteiger partial charge in [-0.1, -0.05) is 6.07 Å². The van der Waals surface area contributed by atoms with Crippen molar-refractivity contribution >= 4 is 5.91 Å². The van der Waals surface area contributed by atoms with E-state index in [9.17, 15) is 13.6 Å². The number of likely N-dealkylation sites (tertiary alicyclic amines) is 1. The first-order valence-corrected chi connectivity index (χ1v) is 9.81. The summed E-state index contributed by atoms with van der Waals surface area (Å²) in [5, 5.41) is 14.2. The Kier molecular flexibility index (Phi) is 5.80. The number of aryl methyl sites for hydroxylation is 1. The SMILES string of the molecule is Cc1cc(C(=O)NC2CCN(Cc3ccc(F)c(F)c3)CC2)ccc1-n1cnnn1. The molecular weight excluding hydrogens is 390 g/mol. The second kappa shape index (κ2) is 8.66. The molecule has 1 aliphatic heterocycles. The van der Waals surface area contributed by atoms with Gasteiger partial charge in [0.25, 0.3) is 5.91 Å². The zero-order chi connectivity index (χ0) is 21.1. The van der Waals surface area contributed by atoms with Crippen LogP contribution in [0.1, 0.15) is 34.3 Å². The Bertz CT molecular complexity index is 1030. The minimum absolute atomic E-state index is 0.0817. The van der Waals surface area contributed by atoms with Crippen LogP contribution in [0.4, 0.5) is 8.78 Å². The van der Waals surface area contributed by atoms with Crippen molar-refractivity contribution in [1.29, 1.82) is 0 Å². The Balaban J connectivity index is 1.31. The molecule has 1 aliphatic rings. The quantitative estimate of drug-likeness (QED) is 0.697. The van der Waals surface area contributed by atoms with Crippen molar-refractivity contribution in [3.8, 4) is 5.69 Å². The molecule has 7 nitrogen and oxygen atoms in total. The lowest BCUT2D eigenvalue weighted by Gasteiger charge is -2.32. The van der Waals surface area contributed by atoms with E-state index in [2.05, 4.69) is 25.7 Å². The summed E-state index contributed by atoms with van der Waals surface area (Å²) < 4.78 is 28.0. The van der Waals surface area contributed by atoms with Gasteiger partial charge in [-0.3, -0.25) is 9.69 Å². The van der Waals surface area contributed by atoms with E-state index in [1.54, 1.807) is 16.8 Å². The molecule has 4 rings (SSSR count). The van der Waals surface area contributed by atoms with Crippen molar-refractivity contribution in [3.05, 3.63) is 71.1 Å². The highest BCUT2D eigenvalue weighted by Gasteiger charge is 2.22. The number of rotatable bonds is 5. The number of hydrogen-bond acceptors (Lipinski definition) is 5. The van der Waals surface area contributed by atoms with Crippen LogP contribution >= 0.6 is 0 Å². The number of carbonyl (C=O) groups excluding carboxylic acids is 1. The Morgan fingerprint density at radius 3 is 2.60 bits per heavy atom. The summed E-state index contributed by atoms with van der Waals surface area (Å²) in [7, 11) is 0. The van der Waals surface area contributed by atoms with E-state index < -0.39 is 11.6 Å². The number of halogens is 2. The molecule has 156 valence electrons. The van der Waals surface area contributed by atoms with Crippen molar-refractivity contribution in [3.63, 3.8) is 0 Å². The van der Waals surface area contributed by atoms with E-state index in [0.29, 0.717) is 12.1 Å². The van der Waals surface area contributed by atoms with E-state index >= 15 is 0 Å². The maximum Gasteiger partial charge on any atom is 0.251 e. The molecule has 1 fully saturated rings. The first-order chi connectivity index (χ1) is 14.5. The lowest BCUT2D eigenvalue weighted by atomic mass is 10.0. The molecule has 2 heterocycles. The number of amides is 1. The predicted octanol–water partition coefficient (Wildman–Crippen LogP) is 2.64. The van der Waals surface area contributed by atoms with Crippen molar-refractivity contribution in [1.82, 2.24) is 30.4 Å². The molecule has 0 aliphatic carbocycles. The summed E-state index contributed by atoms with van der Waals surface area (Å²) in [6.45, 7) is 4.03. The molecule has 0 spiro atoms. The van der Waals surface area contributed by atoms with Gasteiger partial charge in [0.1, 0.15) is 6.33 Å². The largest absolute Gasteiger partial charge is 0.349 e. The topological polar surface area (TPSA) is 75.9 Å². The van der Waals surface area contributed by atoms with Gasteiger partial charge in [0.05, 0.1) is 5.69 Å². The van der Waals surface area contributed by atoms with E-state index in [-0.39, 0.29) is 11.9 Å². The van der Waals surface area contributed by atoms with Gasteiger partial charge in [-0.2, -0.15) is 0 Å². The maximum atomic E-state index is 13.4. The normalized spacial score (nSPS) is 15.3. The standard InChI is InChI=1S/C21H22F2N6O/c1-14-10-16(3-5-20(14)29-13-24-26-27-29)21(30)25-17-6-8-28(9-7-17)12-15-2-4-18(22)19(23)11-15/h2-5,10-11,13,17H,6-9,12H2,1H3,(H,25,30). The fraction of sp³-hybridized carbons (Fsp3) is 0.333. The lowest BCUT2D eigenvalue weighted by Crippen LogP contribution is -2.44. The summed E-state index contributed by atoms with van der Waals surface area (Å²) in [5.74, 6) is -1.77. The Morgan fingerprint density at radius 1 is 1.13 bits per heavy atom. The summed E-state index contributed by atoms with van der Waals surface area (Å²) in [6.07, 6.45) is 3.12. The third-order valence-electron chi connectivity index (χ3n) is 5.37. The summed E-state index contributed by atoms with van der Waals surface area (Å²) >= 11 is 0. The number of carbonyl (C=O) groups is 1. The Morgan fingerprint density at radius 2 is 1.93 bits per heavy atom. The first kappa shape index (κ1) is 20.1. The van der Waals surface area contributed by atoms with E-state index in [1.165, 1.54) is 12.4 Å². The number of benzene rings is 2. The number of piperidine rings is 1. The fourth-order valence-corrected chi connectivity index (χ4v) is 3.73. The fourth-order valence-electron chi connectivity index (χ4n) is 3.73. The van der Waals surface area contributed by atoms with Gasteiger partial charge in [0, 0.05) is 31.2 Å². The van der Waals surface area contributed by atoms with Gasteiger partial charge >= 0.3 is 0 Å². The number of nitrogens with zero attached hydrogens (tertiary/aromatic N) is 5. The third kappa shape index (κ3) is 4.51. The van der Waals surface area contributed by atoms with E-state index in [4.69, 9.17) is 0 Å². The average Bonchev–Trinajstić information content (AvgIpc) is 3.26. The molecule has 0 atom stereocenters. The monoisotopic (exact) mass is 412 g/mol. The Labute approximate surface area is 172 Å². The van der Waals surface area contributed by atoms with Crippen LogP contribution in [0.3, 0.4) is 0 Å². The average molecular weight is 412 g/mol. The minimum atomic E-state index is -0.832. The summed E-state index contributed by atoms with van der Waals surface area (Å²) in [4.78, 5) is 14.8. The molecule has 1 amide bonds. The van der Waals surface area contributed by atoms with Crippen LogP contribution in [0, 0.1) is 18.6 Å². The van der Waals surface area contributed by atoms with Gasteiger partial charge in [-0.15, -0.1) is 5.10 Å². The maximum absolute atomic E-state index is 13.4. The molecule has 3 aromatic rings. The highest BCUT2D eigenvalue weighted by atomic mass is 19.2. The van der Waals surface area contributed by atoms with Gasteiger partial charge in [-0.25, -0.2) is 13.5 Å². The van der Waals surface area contributed by atoms with Crippen molar-refractivity contribution < 1.29 is 13.6 Å². The van der Waals surface area contributed by atoms with Crippen molar-refractivity contribution in [2.45, 2.75) is 32.4 Å². The van der Waals surface area contributed by atoms with Crippen LogP contribution in [-0.2, 0) is 6.54 Å². The molecule has 0 radical (unpaired) electrons. The number of tetrazole rings is 1. The number of aromatic nitrogens is 4. The highest BCUT2D eigenvalue weighted by molar-refractivity contribution is 5.94. The summed E-state index contributed by atoms with van der Waals surface area (Å²) in [5.41, 5.74) is 3.06. The zero-order valence-electron chi connectivity index (χ0n) is 16.6. The van der Waals surface area contributed by atoms with Crippen LogP contribution in [0.2, 0.25) is 0 Å². The van der Waals surface area contributed by atoms with E-state index in [1.807, 2.05) is 19.1 Å². The molecule has 1 aromatic heterocycles. The molecule has 0 unspecified atom stereocenters. The van der Waals surface area contributed by atoms with Crippen LogP contribution in [-0.4, -0.2) is 50.1 Å². The molecule has 1 N–H and O–H groups in total. The minimum Gasteiger partial charge on any atom is -0.349 e.